The van der Waals surface area contributed by atoms with E-state index >= 15 is 0 Å². The Morgan fingerprint density at radius 2 is 2.06 bits per heavy atom. The fraction of sp³-hybridized carbons (Fsp3) is 0.231. The van der Waals surface area contributed by atoms with Crippen LogP contribution in [0.4, 0.5) is 5.69 Å². The van der Waals surface area contributed by atoms with Crippen molar-refractivity contribution < 1.29 is 0 Å². The van der Waals surface area contributed by atoms with Gasteiger partial charge in [0.2, 0.25) is 0 Å². The Morgan fingerprint density at radius 3 is 2.65 bits per heavy atom. The third-order valence-corrected chi connectivity index (χ3v) is 3.32. The van der Waals surface area contributed by atoms with Gasteiger partial charge >= 0.3 is 0 Å². The first-order valence-electron chi connectivity index (χ1n) is 5.22. The summed E-state index contributed by atoms with van der Waals surface area (Å²) in [7, 11) is 3.88. The summed E-state index contributed by atoms with van der Waals surface area (Å²) < 4.78 is 0.950. The van der Waals surface area contributed by atoms with Crippen LogP contribution >= 0.6 is 15.9 Å². The highest BCUT2D eigenvalue weighted by Gasteiger charge is 2.15. The average Bonchev–Trinajstić information content (AvgIpc) is 2.28. The Hall–Kier alpha value is -1.60. The van der Waals surface area contributed by atoms with Crippen molar-refractivity contribution in [1.82, 2.24) is 4.98 Å². The first kappa shape index (κ1) is 11.9. The van der Waals surface area contributed by atoms with Crippen LogP contribution in [0.25, 0.3) is 10.9 Å². The molecular weight excluding hydrogens is 278 g/mol. The zero-order chi connectivity index (χ0) is 12.6. The van der Waals surface area contributed by atoms with Gasteiger partial charge in [0.25, 0.3) is 0 Å². The smallest absolute Gasteiger partial charge is 0.103 e. The maximum absolute atomic E-state index is 9.25. The van der Waals surface area contributed by atoms with Gasteiger partial charge in [0.1, 0.15) is 6.07 Å². The van der Waals surface area contributed by atoms with Crippen molar-refractivity contribution >= 4 is 32.5 Å². The number of halogens is 1. The molecule has 0 fully saturated rings. The van der Waals surface area contributed by atoms with Crippen molar-refractivity contribution in [3.63, 3.8) is 0 Å². The highest BCUT2D eigenvalue weighted by atomic mass is 79.9. The van der Waals surface area contributed by atoms with Crippen LogP contribution < -0.4 is 4.90 Å². The third kappa shape index (κ3) is 1.87. The zero-order valence-electron chi connectivity index (χ0n) is 9.95. The molecule has 0 aliphatic heterocycles. The molecule has 0 saturated heterocycles. The summed E-state index contributed by atoms with van der Waals surface area (Å²) in [5, 5.41) is 10.2. The molecule has 0 bridgehead atoms. The monoisotopic (exact) mass is 289 g/mol. The maximum atomic E-state index is 9.25. The fourth-order valence-electron chi connectivity index (χ4n) is 1.95. The molecule has 0 saturated carbocycles. The van der Waals surface area contributed by atoms with E-state index in [1.165, 1.54) is 0 Å². The quantitative estimate of drug-likeness (QED) is 0.809. The van der Waals surface area contributed by atoms with Crippen molar-refractivity contribution in [2.75, 3.05) is 19.0 Å². The van der Waals surface area contributed by atoms with Crippen LogP contribution in [0, 0.1) is 18.3 Å². The minimum atomic E-state index is 0.639. The molecular formula is C13H12BrN3. The van der Waals surface area contributed by atoms with Gasteiger partial charge in [-0.2, -0.15) is 5.26 Å². The Bertz CT molecular complexity index is 627. The lowest BCUT2D eigenvalue weighted by atomic mass is 10.1. The van der Waals surface area contributed by atoms with E-state index < -0.39 is 0 Å². The molecule has 0 radical (unpaired) electrons. The third-order valence-electron chi connectivity index (χ3n) is 2.68. The second kappa shape index (κ2) is 4.34. The van der Waals surface area contributed by atoms with Crippen molar-refractivity contribution in [2.45, 2.75) is 6.92 Å². The number of hydrogen-bond acceptors (Lipinski definition) is 3. The summed E-state index contributed by atoms with van der Waals surface area (Å²) in [5.74, 6) is 0. The molecule has 0 aliphatic rings. The molecule has 86 valence electrons. The molecule has 0 atom stereocenters. The van der Waals surface area contributed by atoms with E-state index in [4.69, 9.17) is 0 Å². The molecule has 1 aromatic heterocycles. The Labute approximate surface area is 109 Å². The number of rotatable bonds is 1. The molecule has 0 amide bonds. The fourth-order valence-corrected chi connectivity index (χ4v) is 2.40. The molecule has 1 aromatic carbocycles. The number of nitrogens with zero attached hydrogens (tertiary/aromatic N) is 3. The van der Waals surface area contributed by atoms with Crippen LogP contribution in [0.2, 0.25) is 0 Å². The number of nitriles is 1. The lowest BCUT2D eigenvalue weighted by Crippen LogP contribution is -2.12. The molecule has 3 nitrogen and oxygen atoms in total. The van der Waals surface area contributed by atoms with Crippen molar-refractivity contribution in [1.29, 1.82) is 5.26 Å². The molecule has 0 aliphatic carbocycles. The van der Waals surface area contributed by atoms with Crippen molar-refractivity contribution in [2.24, 2.45) is 0 Å². The molecule has 4 heteroatoms. The van der Waals surface area contributed by atoms with Gasteiger partial charge in [-0.25, -0.2) is 0 Å². The number of fused-ring (bicyclic) bond motifs is 1. The van der Waals surface area contributed by atoms with Gasteiger partial charge < -0.3 is 4.90 Å². The Kier molecular flexibility index (Phi) is 3.03. The molecule has 17 heavy (non-hydrogen) atoms. The Balaban J connectivity index is 3.00. The van der Waals surface area contributed by atoms with Crippen molar-refractivity contribution in [3.8, 4) is 6.07 Å². The van der Waals surface area contributed by atoms with E-state index in [-0.39, 0.29) is 0 Å². The van der Waals surface area contributed by atoms with E-state index in [0.29, 0.717) is 5.56 Å². The molecule has 2 rings (SSSR count). The summed E-state index contributed by atoms with van der Waals surface area (Å²) in [6.07, 6.45) is 0. The second-order valence-corrected chi connectivity index (χ2v) is 4.92. The Morgan fingerprint density at radius 1 is 1.35 bits per heavy atom. The predicted octanol–water partition coefficient (Wildman–Crippen LogP) is 3.24. The van der Waals surface area contributed by atoms with Gasteiger partial charge in [-0.15, -0.1) is 0 Å². The van der Waals surface area contributed by atoms with Crippen LogP contribution in [0.3, 0.4) is 0 Å². The van der Waals surface area contributed by atoms with Crippen LogP contribution in [-0.4, -0.2) is 19.1 Å². The predicted molar refractivity (Wildman–Crippen MR) is 73.2 cm³/mol. The number of aryl methyl sites for hydroxylation is 1. The van der Waals surface area contributed by atoms with E-state index in [1.54, 1.807) is 0 Å². The minimum absolute atomic E-state index is 0.639. The van der Waals surface area contributed by atoms with Gasteiger partial charge in [0.05, 0.1) is 22.5 Å². The zero-order valence-corrected chi connectivity index (χ0v) is 11.5. The standard InChI is InChI=1S/C13H12BrN3/c1-8-10(7-15)13(17(2)3)9-5-4-6-11(14)12(9)16-8/h4-6H,1-3H3. The van der Waals surface area contributed by atoms with E-state index in [1.807, 2.05) is 44.1 Å². The number of pyridine rings is 1. The van der Waals surface area contributed by atoms with Crippen LogP contribution in [0.1, 0.15) is 11.3 Å². The minimum Gasteiger partial charge on any atom is -0.376 e. The summed E-state index contributed by atoms with van der Waals surface area (Å²) in [6, 6.07) is 8.14. The molecule has 0 unspecified atom stereocenters. The van der Waals surface area contributed by atoms with Crippen LogP contribution in [0.15, 0.2) is 22.7 Å². The molecule has 2 aromatic rings. The summed E-state index contributed by atoms with van der Waals surface area (Å²) in [5.41, 5.74) is 3.22. The summed E-state index contributed by atoms with van der Waals surface area (Å²) in [6.45, 7) is 1.87. The number of hydrogen-bond donors (Lipinski definition) is 0. The summed E-state index contributed by atoms with van der Waals surface area (Å²) in [4.78, 5) is 6.45. The maximum Gasteiger partial charge on any atom is 0.103 e. The van der Waals surface area contributed by atoms with E-state index in [0.717, 1.165) is 26.8 Å². The van der Waals surface area contributed by atoms with Gasteiger partial charge in [0, 0.05) is 24.0 Å². The molecule has 0 spiro atoms. The largest absolute Gasteiger partial charge is 0.376 e. The van der Waals surface area contributed by atoms with Crippen LogP contribution in [-0.2, 0) is 0 Å². The van der Waals surface area contributed by atoms with Gasteiger partial charge in [0.15, 0.2) is 0 Å². The normalized spacial score (nSPS) is 10.3. The van der Waals surface area contributed by atoms with Gasteiger partial charge in [-0.3, -0.25) is 4.98 Å². The highest BCUT2D eigenvalue weighted by Crippen LogP contribution is 2.33. The van der Waals surface area contributed by atoms with Gasteiger partial charge in [-0.1, -0.05) is 12.1 Å². The number of para-hydroxylation sites is 1. The topological polar surface area (TPSA) is 39.9 Å². The molecule has 1 heterocycles. The van der Waals surface area contributed by atoms with Crippen LogP contribution in [0.5, 0.6) is 0 Å². The average molecular weight is 290 g/mol. The second-order valence-electron chi connectivity index (χ2n) is 4.06. The lowest BCUT2D eigenvalue weighted by Gasteiger charge is -2.18. The SMILES string of the molecule is Cc1nc2c(Br)cccc2c(N(C)C)c1C#N. The van der Waals surface area contributed by atoms with Gasteiger partial charge in [-0.05, 0) is 28.9 Å². The first-order valence-corrected chi connectivity index (χ1v) is 6.01. The van der Waals surface area contributed by atoms with Crippen molar-refractivity contribution in [3.05, 3.63) is 33.9 Å². The number of aromatic nitrogens is 1. The number of anilines is 1. The lowest BCUT2D eigenvalue weighted by molar-refractivity contribution is 1.11. The van der Waals surface area contributed by atoms with E-state index in [9.17, 15) is 5.26 Å². The first-order chi connectivity index (χ1) is 8.06. The summed E-state index contributed by atoms with van der Waals surface area (Å²) >= 11 is 3.50. The molecule has 0 N–H and O–H groups in total. The highest BCUT2D eigenvalue weighted by molar-refractivity contribution is 9.10. The van der Waals surface area contributed by atoms with E-state index in [2.05, 4.69) is 27.0 Å². The number of benzene rings is 1.